The molecular formula is C13H18FN3O. The van der Waals surface area contributed by atoms with Crippen LogP contribution in [0.3, 0.4) is 0 Å². The van der Waals surface area contributed by atoms with Gasteiger partial charge < -0.3 is 15.0 Å². The van der Waals surface area contributed by atoms with Gasteiger partial charge >= 0.3 is 0 Å². The quantitative estimate of drug-likeness (QED) is 0.775. The second kappa shape index (κ2) is 5.82. The molecule has 98 valence electrons. The topological polar surface area (TPSA) is 49.9 Å². The highest BCUT2D eigenvalue weighted by Crippen LogP contribution is 2.16. The summed E-state index contributed by atoms with van der Waals surface area (Å²) in [6.45, 7) is 5.71. The monoisotopic (exact) mass is 251 g/mol. The molecule has 0 atom stereocenters. The number of hydrogen-bond donors (Lipinski definition) is 2. The number of rotatable bonds is 6. The molecule has 0 saturated heterocycles. The van der Waals surface area contributed by atoms with Crippen molar-refractivity contribution < 1.29 is 9.13 Å². The molecule has 0 saturated carbocycles. The van der Waals surface area contributed by atoms with Gasteiger partial charge in [-0.25, -0.2) is 4.39 Å². The molecule has 0 amide bonds. The average Bonchev–Trinajstić information content (AvgIpc) is 2.70. The van der Waals surface area contributed by atoms with Crippen LogP contribution in [0, 0.1) is 5.82 Å². The average molecular weight is 251 g/mol. The minimum atomic E-state index is -0.279. The van der Waals surface area contributed by atoms with Gasteiger partial charge in [0, 0.05) is 6.04 Å². The SMILES string of the molecule is CC(C)NCCCOc1nc2ccc(F)cc2[nH]1. The number of H-pyrrole nitrogens is 1. The summed E-state index contributed by atoms with van der Waals surface area (Å²) in [7, 11) is 0. The minimum Gasteiger partial charge on any atom is -0.465 e. The fourth-order valence-corrected chi connectivity index (χ4v) is 1.66. The number of aromatic amines is 1. The van der Waals surface area contributed by atoms with Crippen LogP contribution in [0.15, 0.2) is 18.2 Å². The Balaban J connectivity index is 1.84. The largest absolute Gasteiger partial charge is 0.465 e. The van der Waals surface area contributed by atoms with Gasteiger partial charge in [-0.15, -0.1) is 0 Å². The Kier molecular flexibility index (Phi) is 4.15. The molecule has 18 heavy (non-hydrogen) atoms. The molecule has 1 heterocycles. The van der Waals surface area contributed by atoms with Crippen molar-refractivity contribution >= 4 is 11.0 Å². The van der Waals surface area contributed by atoms with Crippen LogP contribution < -0.4 is 10.1 Å². The summed E-state index contributed by atoms with van der Waals surface area (Å²) in [6.07, 6.45) is 0.906. The maximum atomic E-state index is 13.0. The number of benzene rings is 1. The second-order valence-corrected chi connectivity index (χ2v) is 4.51. The number of ether oxygens (including phenoxy) is 1. The van der Waals surface area contributed by atoms with Gasteiger partial charge in [-0.3, -0.25) is 0 Å². The molecule has 0 spiro atoms. The molecule has 0 aliphatic carbocycles. The van der Waals surface area contributed by atoms with Gasteiger partial charge in [-0.05, 0) is 31.2 Å². The predicted octanol–water partition coefficient (Wildman–Crippen LogP) is 2.47. The van der Waals surface area contributed by atoms with Crippen LogP contribution in [0.2, 0.25) is 0 Å². The van der Waals surface area contributed by atoms with Gasteiger partial charge in [0.1, 0.15) is 5.82 Å². The first-order valence-corrected chi connectivity index (χ1v) is 6.16. The summed E-state index contributed by atoms with van der Waals surface area (Å²) in [6, 6.07) is 5.36. The van der Waals surface area contributed by atoms with Crippen LogP contribution in [0.4, 0.5) is 4.39 Å². The Labute approximate surface area is 106 Å². The smallest absolute Gasteiger partial charge is 0.294 e. The van der Waals surface area contributed by atoms with Crippen molar-refractivity contribution in [2.24, 2.45) is 0 Å². The van der Waals surface area contributed by atoms with E-state index >= 15 is 0 Å². The number of nitrogens with one attached hydrogen (secondary N) is 2. The van der Waals surface area contributed by atoms with Crippen molar-refractivity contribution in [2.75, 3.05) is 13.2 Å². The molecule has 0 unspecified atom stereocenters. The lowest BCUT2D eigenvalue weighted by Gasteiger charge is -2.07. The van der Waals surface area contributed by atoms with Gasteiger partial charge in [0.25, 0.3) is 6.01 Å². The lowest BCUT2D eigenvalue weighted by Crippen LogP contribution is -2.24. The summed E-state index contributed by atoms with van der Waals surface area (Å²) < 4.78 is 18.5. The molecule has 0 aliphatic rings. The van der Waals surface area contributed by atoms with Crippen LogP contribution in [-0.2, 0) is 0 Å². The molecular weight excluding hydrogens is 233 g/mol. The number of imidazole rings is 1. The zero-order valence-corrected chi connectivity index (χ0v) is 10.7. The summed E-state index contributed by atoms with van der Waals surface area (Å²) in [4.78, 5) is 7.16. The van der Waals surface area contributed by atoms with Crippen molar-refractivity contribution in [3.05, 3.63) is 24.0 Å². The molecule has 0 aliphatic heterocycles. The Morgan fingerprint density at radius 3 is 3.06 bits per heavy atom. The molecule has 4 nitrogen and oxygen atoms in total. The van der Waals surface area contributed by atoms with Crippen LogP contribution in [-0.4, -0.2) is 29.2 Å². The number of aromatic nitrogens is 2. The molecule has 0 bridgehead atoms. The van der Waals surface area contributed by atoms with E-state index in [0.717, 1.165) is 13.0 Å². The number of fused-ring (bicyclic) bond motifs is 1. The highest BCUT2D eigenvalue weighted by molar-refractivity contribution is 5.75. The molecule has 5 heteroatoms. The number of hydrogen-bond acceptors (Lipinski definition) is 3. The van der Waals surface area contributed by atoms with Crippen molar-refractivity contribution in [1.82, 2.24) is 15.3 Å². The summed E-state index contributed by atoms with van der Waals surface area (Å²) in [5.74, 6) is -0.279. The number of nitrogens with zero attached hydrogens (tertiary/aromatic N) is 1. The van der Waals surface area contributed by atoms with E-state index in [0.29, 0.717) is 29.7 Å². The Morgan fingerprint density at radius 1 is 1.44 bits per heavy atom. The van der Waals surface area contributed by atoms with Crippen LogP contribution >= 0.6 is 0 Å². The zero-order valence-electron chi connectivity index (χ0n) is 10.7. The fraction of sp³-hybridized carbons (Fsp3) is 0.462. The first kappa shape index (κ1) is 12.8. The Hall–Kier alpha value is -1.62. The van der Waals surface area contributed by atoms with Crippen LogP contribution in [0.5, 0.6) is 6.01 Å². The lowest BCUT2D eigenvalue weighted by atomic mass is 10.3. The van der Waals surface area contributed by atoms with Crippen LogP contribution in [0.25, 0.3) is 11.0 Å². The van der Waals surface area contributed by atoms with Gasteiger partial charge in [0.2, 0.25) is 0 Å². The first-order chi connectivity index (χ1) is 8.65. The van der Waals surface area contributed by atoms with Crippen molar-refractivity contribution in [3.8, 4) is 6.01 Å². The predicted molar refractivity (Wildman–Crippen MR) is 69.3 cm³/mol. The van der Waals surface area contributed by atoms with Gasteiger partial charge in [-0.1, -0.05) is 13.8 Å². The van der Waals surface area contributed by atoms with Crippen LogP contribution in [0.1, 0.15) is 20.3 Å². The molecule has 0 fully saturated rings. The van der Waals surface area contributed by atoms with E-state index in [2.05, 4.69) is 29.1 Å². The highest BCUT2D eigenvalue weighted by atomic mass is 19.1. The zero-order chi connectivity index (χ0) is 13.0. The maximum Gasteiger partial charge on any atom is 0.294 e. The third-order valence-electron chi connectivity index (χ3n) is 2.53. The van der Waals surface area contributed by atoms with E-state index in [1.165, 1.54) is 12.1 Å². The fourth-order valence-electron chi connectivity index (χ4n) is 1.66. The number of halogens is 1. The molecule has 2 aromatic rings. The van der Waals surface area contributed by atoms with Crippen molar-refractivity contribution in [1.29, 1.82) is 0 Å². The Morgan fingerprint density at radius 2 is 2.28 bits per heavy atom. The van der Waals surface area contributed by atoms with Gasteiger partial charge in [-0.2, -0.15) is 4.98 Å². The summed E-state index contributed by atoms with van der Waals surface area (Å²) in [5, 5.41) is 3.31. The van der Waals surface area contributed by atoms with Crippen molar-refractivity contribution in [3.63, 3.8) is 0 Å². The van der Waals surface area contributed by atoms with E-state index in [1.54, 1.807) is 6.07 Å². The molecule has 1 aromatic carbocycles. The second-order valence-electron chi connectivity index (χ2n) is 4.51. The van der Waals surface area contributed by atoms with Crippen molar-refractivity contribution in [2.45, 2.75) is 26.3 Å². The highest BCUT2D eigenvalue weighted by Gasteiger charge is 2.04. The normalized spacial score (nSPS) is 11.3. The molecule has 0 radical (unpaired) electrons. The third kappa shape index (κ3) is 3.43. The van der Waals surface area contributed by atoms with E-state index in [-0.39, 0.29) is 5.82 Å². The van der Waals surface area contributed by atoms with E-state index in [1.807, 2.05) is 0 Å². The summed E-state index contributed by atoms with van der Waals surface area (Å²) >= 11 is 0. The first-order valence-electron chi connectivity index (χ1n) is 6.16. The minimum absolute atomic E-state index is 0.279. The van der Waals surface area contributed by atoms with E-state index < -0.39 is 0 Å². The van der Waals surface area contributed by atoms with Gasteiger partial charge in [0.15, 0.2) is 0 Å². The molecule has 2 rings (SSSR count). The Bertz CT molecular complexity index is 510. The molecule has 1 aromatic heterocycles. The van der Waals surface area contributed by atoms with E-state index in [9.17, 15) is 4.39 Å². The lowest BCUT2D eigenvalue weighted by molar-refractivity contribution is 0.287. The van der Waals surface area contributed by atoms with E-state index in [4.69, 9.17) is 4.74 Å². The standard InChI is InChI=1S/C13H18FN3O/c1-9(2)15-6-3-7-18-13-16-11-5-4-10(14)8-12(11)17-13/h4-5,8-9,15H,3,6-7H2,1-2H3,(H,16,17). The summed E-state index contributed by atoms with van der Waals surface area (Å²) in [5.41, 5.74) is 1.37. The molecule has 2 N–H and O–H groups in total. The van der Waals surface area contributed by atoms with Gasteiger partial charge in [0.05, 0.1) is 17.6 Å². The third-order valence-corrected chi connectivity index (χ3v) is 2.53. The maximum absolute atomic E-state index is 13.0.